The Hall–Kier alpha value is -3.36. The highest BCUT2D eigenvalue weighted by molar-refractivity contribution is 5.99. The van der Waals surface area contributed by atoms with E-state index in [9.17, 15) is 9.59 Å². The largest absolute Gasteiger partial charge is 0.493 e. The van der Waals surface area contributed by atoms with Crippen LogP contribution in [0.2, 0.25) is 0 Å². The third kappa shape index (κ3) is 5.08. The lowest BCUT2D eigenvalue weighted by molar-refractivity contribution is -0.122. The van der Waals surface area contributed by atoms with Crippen molar-refractivity contribution in [2.75, 3.05) is 11.9 Å². The zero-order valence-corrected chi connectivity index (χ0v) is 20.4. The van der Waals surface area contributed by atoms with Crippen LogP contribution in [-0.4, -0.2) is 39.7 Å². The Kier molecular flexibility index (Phi) is 6.14. The summed E-state index contributed by atoms with van der Waals surface area (Å²) < 4.78 is 17.1. The van der Waals surface area contributed by atoms with Crippen LogP contribution in [0.4, 0.5) is 10.5 Å². The number of amides is 2. The van der Waals surface area contributed by atoms with Gasteiger partial charge in [0.25, 0.3) is 0 Å². The molecule has 9 heteroatoms. The average molecular weight is 469 g/mol. The quantitative estimate of drug-likeness (QED) is 0.631. The molecule has 2 aliphatic rings. The molecule has 2 heterocycles. The SMILES string of the molecule is CC[C@@](C)(NC(=O)OC(C)(C)C)C(=O)Nc1cnc(Oc2cccc3c2C2(CCO3)CC2)nc1. The number of anilines is 1. The number of nitrogens with zero attached hydrogens (tertiary/aromatic N) is 2. The highest BCUT2D eigenvalue weighted by atomic mass is 16.6. The van der Waals surface area contributed by atoms with Gasteiger partial charge in [0, 0.05) is 11.0 Å². The van der Waals surface area contributed by atoms with Crippen molar-refractivity contribution in [2.45, 2.75) is 76.9 Å². The summed E-state index contributed by atoms with van der Waals surface area (Å²) in [5.74, 6) is 1.16. The van der Waals surface area contributed by atoms with Gasteiger partial charge in [-0.15, -0.1) is 0 Å². The lowest BCUT2D eigenvalue weighted by atomic mass is 9.89. The van der Waals surface area contributed by atoms with Gasteiger partial charge >= 0.3 is 12.1 Å². The van der Waals surface area contributed by atoms with Crippen molar-refractivity contribution in [1.29, 1.82) is 0 Å². The molecule has 1 aromatic carbocycles. The molecule has 1 aliphatic carbocycles. The zero-order valence-electron chi connectivity index (χ0n) is 20.4. The molecule has 182 valence electrons. The monoisotopic (exact) mass is 468 g/mol. The molecule has 1 aliphatic heterocycles. The molecule has 4 rings (SSSR count). The summed E-state index contributed by atoms with van der Waals surface area (Å²) in [5, 5.41) is 5.41. The summed E-state index contributed by atoms with van der Waals surface area (Å²) >= 11 is 0. The van der Waals surface area contributed by atoms with Crippen molar-refractivity contribution in [3.63, 3.8) is 0 Å². The lowest BCUT2D eigenvalue weighted by Crippen LogP contribution is -2.55. The highest BCUT2D eigenvalue weighted by Gasteiger charge is 2.49. The average Bonchev–Trinajstić information content (AvgIpc) is 3.53. The second-order valence-corrected chi connectivity index (χ2v) is 10.1. The van der Waals surface area contributed by atoms with Crippen LogP contribution in [0.25, 0.3) is 0 Å². The molecule has 1 spiro atoms. The third-order valence-corrected chi connectivity index (χ3v) is 6.28. The molecule has 1 aromatic heterocycles. The summed E-state index contributed by atoms with van der Waals surface area (Å²) in [4.78, 5) is 33.6. The maximum absolute atomic E-state index is 12.9. The molecule has 2 N–H and O–H groups in total. The molecular formula is C25H32N4O5. The first kappa shape index (κ1) is 23.8. The Bertz CT molecular complexity index is 1080. The zero-order chi connectivity index (χ0) is 24.6. The minimum Gasteiger partial charge on any atom is -0.493 e. The van der Waals surface area contributed by atoms with E-state index in [0.29, 0.717) is 17.9 Å². The van der Waals surface area contributed by atoms with Gasteiger partial charge in [-0.1, -0.05) is 13.0 Å². The fourth-order valence-electron chi connectivity index (χ4n) is 4.01. The summed E-state index contributed by atoms with van der Waals surface area (Å²) in [6, 6.07) is 5.95. The van der Waals surface area contributed by atoms with E-state index in [1.54, 1.807) is 34.6 Å². The van der Waals surface area contributed by atoms with Crippen LogP contribution >= 0.6 is 0 Å². The van der Waals surface area contributed by atoms with Gasteiger partial charge in [0.2, 0.25) is 5.91 Å². The number of benzene rings is 1. The standard InChI is InChI=1S/C25H32N4O5/c1-6-24(5,29-22(31)34-23(2,3)4)20(30)28-16-14-26-21(27-15-16)33-18-9-7-8-17-19(18)25(10-11-25)12-13-32-17/h7-9,14-15H,6,10-13H2,1-5H3,(H,28,30)(H,29,31)/t24-/m1/s1. The molecule has 1 saturated carbocycles. The van der Waals surface area contributed by atoms with Gasteiger partial charge < -0.3 is 24.8 Å². The molecule has 1 fully saturated rings. The number of hydrogen-bond acceptors (Lipinski definition) is 7. The smallest absolute Gasteiger partial charge is 0.408 e. The second kappa shape index (κ2) is 8.77. The number of nitrogens with one attached hydrogen (secondary N) is 2. The van der Waals surface area contributed by atoms with Crippen molar-refractivity contribution in [2.24, 2.45) is 0 Å². The van der Waals surface area contributed by atoms with Crippen molar-refractivity contribution in [1.82, 2.24) is 15.3 Å². The predicted octanol–water partition coefficient (Wildman–Crippen LogP) is 4.71. The number of carbonyl (C=O) groups excluding carboxylic acids is 2. The van der Waals surface area contributed by atoms with E-state index in [-0.39, 0.29) is 11.4 Å². The van der Waals surface area contributed by atoms with Crippen LogP contribution in [0, 0.1) is 0 Å². The molecule has 9 nitrogen and oxygen atoms in total. The number of hydrogen-bond donors (Lipinski definition) is 2. The van der Waals surface area contributed by atoms with Crippen molar-refractivity contribution < 1.29 is 23.8 Å². The normalized spacial score (nSPS) is 17.6. The first-order chi connectivity index (χ1) is 16.0. The molecule has 2 aromatic rings. The van der Waals surface area contributed by atoms with E-state index in [1.165, 1.54) is 12.4 Å². The van der Waals surface area contributed by atoms with Crippen LogP contribution in [0.15, 0.2) is 30.6 Å². The topological polar surface area (TPSA) is 112 Å². The van der Waals surface area contributed by atoms with E-state index in [4.69, 9.17) is 14.2 Å². The van der Waals surface area contributed by atoms with Crippen LogP contribution in [-0.2, 0) is 14.9 Å². The van der Waals surface area contributed by atoms with E-state index in [0.717, 1.165) is 37.2 Å². The van der Waals surface area contributed by atoms with Crippen molar-refractivity contribution in [3.05, 3.63) is 36.2 Å². The molecule has 0 saturated heterocycles. The minimum absolute atomic E-state index is 0.143. The van der Waals surface area contributed by atoms with Crippen LogP contribution < -0.4 is 20.1 Å². The van der Waals surface area contributed by atoms with Gasteiger partial charge in [-0.2, -0.15) is 0 Å². The Labute approximate surface area is 199 Å². The van der Waals surface area contributed by atoms with Crippen LogP contribution in [0.1, 0.15) is 65.9 Å². The Morgan fingerprint density at radius 1 is 1.12 bits per heavy atom. The number of aromatic nitrogens is 2. The summed E-state index contributed by atoms with van der Waals surface area (Å²) in [6.45, 7) is 9.46. The van der Waals surface area contributed by atoms with Gasteiger partial charge in [-0.25, -0.2) is 14.8 Å². The first-order valence-corrected chi connectivity index (χ1v) is 11.6. The van der Waals surface area contributed by atoms with Crippen molar-refractivity contribution in [3.8, 4) is 17.5 Å². The summed E-state index contributed by atoms with van der Waals surface area (Å²) in [7, 11) is 0. The van der Waals surface area contributed by atoms with Crippen LogP contribution in [0.5, 0.6) is 17.5 Å². The Morgan fingerprint density at radius 3 is 2.44 bits per heavy atom. The van der Waals surface area contributed by atoms with E-state index < -0.39 is 23.1 Å². The number of carbonyl (C=O) groups is 2. The number of rotatable bonds is 6. The van der Waals surface area contributed by atoms with Gasteiger partial charge in [-0.05, 0) is 65.5 Å². The summed E-state index contributed by atoms with van der Waals surface area (Å²) in [5.41, 5.74) is -0.209. The first-order valence-electron chi connectivity index (χ1n) is 11.6. The molecule has 1 atom stereocenters. The third-order valence-electron chi connectivity index (χ3n) is 6.28. The molecule has 34 heavy (non-hydrogen) atoms. The van der Waals surface area contributed by atoms with E-state index >= 15 is 0 Å². The molecule has 0 unspecified atom stereocenters. The maximum atomic E-state index is 12.9. The van der Waals surface area contributed by atoms with E-state index in [2.05, 4.69) is 20.6 Å². The number of fused-ring (bicyclic) bond motifs is 2. The predicted molar refractivity (Wildman–Crippen MR) is 126 cm³/mol. The number of alkyl carbamates (subject to hydrolysis) is 1. The highest BCUT2D eigenvalue weighted by Crippen LogP contribution is 2.59. The van der Waals surface area contributed by atoms with Crippen LogP contribution in [0.3, 0.4) is 0 Å². The summed E-state index contributed by atoms with van der Waals surface area (Å²) in [6.07, 6.45) is 5.90. The van der Waals surface area contributed by atoms with Gasteiger partial charge in [0.1, 0.15) is 22.6 Å². The minimum atomic E-state index is -1.17. The van der Waals surface area contributed by atoms with E-state index in [1.807, 2.05) is 18.2 Å². The maximum Gasteiger partial charge on any atom is 0.408 e. The van der Waals surface area contributed by atoms with Gasteiger partial charge in [0.05, 0.1) is 24.7 Å². The van der Waals surface area contributed by atoms with Gasteiger partial charge in [0.15, 0.2) is 0 Å². The Balaban J connectivity index is 1.43. The molecule has 2 amide bonds. The second-order valence-electron chi connectivity index (χ2n) is 10.1. The van der Waals surface area contributed by atoms with Gasteiger partial charge in [-0.3, -0.25) is 4.79 Å². The fraction of sp³-hybridized carbons (Fsp3) is 0.520. The van der Waals surface area contributed by atoms with Crippen molar-refractivity contribution >= 4 is 17.7 Å². The fourth-order valence-corrected chi connectivity index (χ4v) is 4.01. The Morgan fingerprint density at radius 2 is 1.82 bits per heavy atom. The number of ether oxygens (including phenoxy) is 3. The molecular weight excluding hydrogens is 436 g/mol. The molecule has 0 bridgehead atoms. The lowest BCUT2D eigenvalue weighted by Gasteiger charge is -2.30. The molecule has 0 radical (unpaired) electrons.